The monoisotopic (exact) mass is 522 g/mol. The maximum atomic E-state index is 13.6. The maximum Gasteiger partial charge on any atom is 0.243 e. The Morgan fingerprint density at radius 2 is 1.59 bits per heavy atom. The van der Waals surface area contributed by atoms with Crippen LogP contribution in [-0.2, 0) is 22.6 Å². The molecule has 0 spiro atoms. The molecule has 0 aliphatic rings. The summed E-state index contributed by atoms with van der Waals surface area (Å²) in [4.78, 5) is 28.6. The molecule has 2 amide bonds. The van der Waals surface area contributed by atoms with Gasteiger partial charge in [0.2, 0.25) is 11.8 Å². The zero-order valence-corrected chi connectivity index (χ0v) is 22.4. The van der Waals surface area contributed by atoms with Crippen LogP contribution in [0.3, 0.4) is 0 Å². The Morgan fingerprint density at radius 3 is 2.24 bits per heavy atom. The first-order valence-electron chi connectivity index (χ1n) is 12.5. The van der Waals surface area contributed by atoms with Crippen molar-refractivity contribution >= 4 is 23.4 Å². The van der Waals surface area contributed by atoms with Crippen molar-refractivity contribution in [3.8, 4) is 11.5 Å². The van der Waals surface area contributed by atoms with Crippen LogP contribution < -0.4 is 14.8 Å². The minimum atomic E-state index is -0.668. The second kappa shape index (κ2) is 14.3. The molecule has 1 unspecified atom stereocenters. The molecule has 0 heterocycles. The Balaban J connectivity index is 1.76. The average Bonchev–Trinajstić information content (AvgIpc) is 2.89. The number of amides is 2. The minimum absolute atomic E-state index is 0.0493. The fourth-order valence-electron chi connectivity index (χ4n) is 4.00. The number of methoxy groups -OCH3 is 1. The summed E-state index contributed by atoms with van der Waals surface area (Å²) in [6, 6.07) is 23.7. The highest BCUT2D eigenvalue weighted by atomic mass is 35.5. The molecule has 7 heteroatoms. The molecule has 0 radical (unpaired) electrons. The molecule has 3 rings (SSSR count). The summed E-state index contributed by atoms with van der Waals surface area (Å²) in [7, 11) is 1.61. The highest BCUT2D eigenvalue weighted by Gasteiger charge is 2.30. The van der Waals surface area contributed by atoms with E-state index in [9.17, 15) is 9.59 Å². The maximum absolute atomic E-state index is 13.6. The molecular formula is C30H35ClN2O4. The standard InChI is InChI=1S/C30H35ClN2O4/c1-22(2)32-30(35)28(20-23-9-5-4-6-10-23)33(21-24-11-7-12-25(31)19-24)29(34)13-8-18-37-27-16-14-26(36-3)15-17-27/h4-7,9-12,14-17,19,22,28H,8,13,18,20-21H2,1-3H3,(H,32,35). The van der Waals surface area contributed by atoms with E-state index in [0.29, 0.717) is 30.2 Å². The number of benzene rings is 3. The van der Waals surface area contributed by atoms with E-state index < -0.39 is 6.04 Å². The Kier molecular flexibility index (Phi) is 10.8. The van der Waals surface area contributed by atoms with Gasteiger partial charge < -0.3 is 19.7 Å². The van der Waals surface area contributed by atoms with Gasteiger partial charge in [0.15, 0.2) is 0 Å². The molecule has 37 heavy (non-hydrogen) atoms. The van der Waals surface area contributed by atoms with Crippen LogP contribution in [0.1, 0.15) is 37.8 Å². The van der Waals surface area contributed by atoms with Crippen molar-refractivity contribution in [1.29, 1.82) is 0 Å². The first-order valence-corrected chi connectivity index (χ1v) is 12.9. The van der Waals surface area contributed by atoms with Crippen molar-refractivity contribution in [3.63, 3.8) is 0 Å². The highest BCUT2D eigenvalue weighted by Crippen LogP contribution is 2.20. The van der Waals surface area contributed by atoms with Gasteiger partial charge in [-0.1, -0.05) is 54.1 Å². The van der Waals surface area contributed by atoms with Crippen molar-refractivity contribution in [1.82, 2.24) is 10.2 Å². The van der Waals surface area contributed by atoms with E-state index in [4.69, 9.17) is 21.1 Å². The van der Waals surface area contributed by atoms with E-state index in [1.807, 2.05) is 86.6 Å². The van der Waals surface area contributed by atoms with Gasteiger partial charge in [0.1, 0.15) is 17.5 Å². The SMILES string of the molecule is COc1ccc(OCCCC(=O)N(Cc2cccc(Cl)c2)C(Cc2ccccc2)C(=O)NC(C)C)cc1. The topological polar surface area (TPSA) is 67.9 Å². The Labute approximate surface area is 224 Å². The van der Waals surface area contributed by atoms with Gasteiger partial charge in [0, 0.05) is 30.5 Å². The number of ether oxygens (including phenoxy) is 2. The van der Waals surface area contributed by atoms with Crippen LogP contribution in [0.2, 0.25) is 5.02 Å². The minimum Gasteiger partial charge on any atom is -0.497 e. The lowest BCUT2D eigenvalue weighted by Gasteiger charge is -2.32. The largest absolute Gasteiger partial charge is 0.497 e. The summed E-state index contributed by atoms with van der Waals surface area (Å²) in [6.07, 6.45) is 1.17. The third kappa shape index (κ3) is 9.14. The van der Waals surface area contributed by atoms with E-state index in [2.05, 4.69) is 5.32 Å². The molecule has 0 saturated carbocycles. The first kappa shape index (κ1) is 28.1. The average molecular weight is 523 g/mol. The number of rotatable bonds is 13. The summed E-state index contributed by atoms with van der Waals surface area (Å²) in [5.74, 6) is 1.17. The van der Waals surface area contributed by atoms with Gasteiger partial charge in [-0.05, 0) is 67.8 Å². The number of halogens is 1. The Hall–Kier alpha value is -3.51. The van der Waals surface area contributed by atoms with Gasteiger partial charge in [-0.25, -0.2) is 0 Å². The van der Waals surface area contributed by atoms with Gasteiger partial charge in [-0.3, -0.25) is 9.59 Å². The van der Waals surface area contributed by atoms with Gasteiger partial charge in [-0.15, -0.1) is 0 Å². The van der Waals surface area contributed by atoms with E-state index in [0.717, 1.165) is 16.9 Å². The summed E-state index contributed by atoms with van der Waals surface area (Å²) in [6.45, 7) is 4.49. The van der Waals surface area contributed by atoms with Crippen LogP contribution in [0, 0.1) is 0 Å². The zero-order chi connectivity index (χ0) is 26.6. The van der Waals surface area contributed by atoms with Crippen molar-refractivity contribution in [2.45, 2.75) is 51.7 Å². The van der Waals surface area contributed by atoms with Gasteiger partial charge >= 0.3 is 0 Å². The summed E-state index contributed by atoms with van der Waals surface area (Å²) >= 11 is 6.22. The lowest BCUT2D eigenvalue weighted by Crippen LogP contribution is -2.51. The molecule has 0 bridgehead atoms. The number of hydrogen-bond acceptors (Lipinski definition) is 4. The Bertz CT molecular complexity index is 1140. The molecule has 1 N–H and O–H groups in total. The fourth-order valence-corrected chi connectivity index (χ4v) is 4.21. The molecule has 3 aromatic rings. The summed E-state index contributed by atoms with van der Waals surface area (Å²) in [5, 5.41) is 3.59. The van der Waals surface area contributed by atoms with Crippen LogP contribution in [0.4, 0.5) is 0 Å². The van der Waals surface area contributed by atoms with Crippen molar-refractivity contribution in [2.75, 3.05) is 13.7 Å². The van der Waals surface area contributed by atoms with E-state index >= 15 is 0 Å². The van der Waals surface area contributed by atoms with Crippen LogP contribution in [0.15, 0.2) is 78.9 Å². The van der Waals surface area contributed by atoms with Crippen LogP contribution in [0.5, 0.6) is 11.5 Å². The molecule has 0 saturated heterocycles. The Morgan fingerprint density at radius 1 is 0.919 bits per heavy atom. The highest BCUT2D eigenvalue weighted by molar-refractivity contribution is 6.30. The fraction of sp³-hybridized carbons (Fsp3) is 0.333. The summed E-state index contributed by atoms with van der Waals surface area (Å²) in [5.41, 5.74) is 1.85. The number of hydrogen-bond donors (Lipinski definition) is 1. The number of nitrogens with zero attached hydrogens (tertiary/aromatic N) is 1. The number of carbonyl (C=O) groups is 2. The molecule has 0 aromatic heterocycles. The van der Waals surface area contributed by atoms with Crippen molar-refractivity contribution in [3.05, 3.63) is 95.0 Å². The van der Waals surface area contributed by atoms with Crippen LogP contribution in [-0.4, -0.2) is 42.5 Å². The molecule has 1 atom stereocenters. The van der Waals surface area contributed by atoms with Crippen LogP contribution in [0.25, 0.3) is 0 Å². The third-order valence-corrected chi connectivity index (χ3v) is 6.04. The van der Waals surface area contributed by atoms with Gasteiger partial charge in [-0.2, -0.15) is 0 Å². The number of nitrogens with one attached hydrogen (secondary N) is 1. The van der Waals surface area contributed by atoms with Gasteiger partial charge in [0.05, 0.1) is 13.7 Å². The molecule has 0 aliphatic carbocycles. The van der Waals surface area contributed by atoms with Crippen molar-refractivity contribution < 1.29 is 19.1 Å². The van der Waals surface area contributed by atoms with Gasteiger partial charge in [0.25, 0.3) is 0 Å². The molecule has 196 valence electrons. The first-order chi connectivity index (χ1) is 17.9. The predicted molar refractivity (Wildman–Crippen MR) is 147 cm³/mol. The predicted octanol–water partition coefficient (Wildman–Crippen LogP) is 5.67. The normalized spacial score (nSPS) is 11.6. The lowest BCUT2D eigenvalue weighted by molar-refractivity contribution is -0.141. The third-order valence-electron chi connectivity index (χ3n) is 5.81. The quantitative estimate of drug-likeness (QED) is 0.294. The van der Waals surface area contributed by atoms with E-state index in [-0.39, 0.29) is 30.8 Å². The molecule has 0 aliphatic heterocycles. The summed E-state index contributed by atoms with van der Waals surface area (Å²) < 4.78 is 11.0. The molecule has 0 fully saturated rings. The zero-order valence-electron chi connectivity index (χ0n) is 21.7. The van der Waals surface area contributed by atoms with Crippen LogP contribution >= 0.6 is 11.6 Å². The van der Waals surface area contributed by atoms with Crippen molar-refractivity contribution in [2.24, 2.45) is 0 Å². The molecule has 6 nitrogen and oxygen atoms in total. The lowest BCUT2D eigenvalue weighted by atomic mass is 10.0. The number of carbonyl (C=O) groups excluding carboxylic acids is 2. The van der Waals surface area contributed by atoms with E-state index in [1.54, 1.807) is 18.1 Å². The molecule has 3 aromatic carbocycles. The second-order valence-electron chi connectivity index (χ2n) is 9.15. The molecular weight excluding hydrogens is 488 g/mol. The second-order valence-corrected chi connectivity index (χ2v) is 9.58. The smallest absolute Gasteiger partial charge is 0.243 e. The van der Waals surface area contributed by atoms with E-state index in [1.165, 1.54) is 0 Å².